The maximum Gasteiger partial charge on any atom is 0.0107 e. The summed E-state index contributed by atoms with van der Waals surface area (Å²) in [5.74, 6) is 0. The molecule has 17 heavy (non-hydrogen) atoms. The Hall–Kier alpha value is -0.0800. The standard InChI is InChI=1S/C15H32N2/c1-5-14(6-2)16-10-13-17-11-7-8-15(3,4)9-12-17/h14,16H,5-13H2,1-4H3. The number of rotatable bonds is 6. The lowest BCUT2D eigenvalue weighted by atomic mass is 9.85. The summed E-state index contributed by atoms with van der Waals surface area (Å²) >= 11 is 0. The first-order chi connectivity index (χ1) is 8.07. The van der Waals surface area contributed by atoms with Crippen LogP contribution in [0.4, 0.5) is 0 Å². The van der Waals surface area contributed by atoms with Crippen LogP contribution in [0.3, 0.4) is 0 Å². The van der Waals surface area contributed by atoms with Gasteiger partial charge in [-0.25, -0.2) is 0 Å². The van der Waals surface area contributed by atoms with Gasteiger partial charge in [0.1, 0.15) is 0 Å². The summed E-state index contributed by atoms with van der Waals surface area (Å²) in [7, 11) is 0. The Bertz CT molecular complexity index is 197. The second-order valence-electron chi connectivity index (χ2n) is 6.33. The molecule has 0 atom stereocenters. The highest BCUT2D eigenvalue weighted by Crippen LogP contribution is 2.29. The second-order valence-corrected chi connectivity index (χ2v) is 6.33. The van der Waals surface area contributed by atoms with Gasteiger partial charge >= 0.3 is 0 Å². The molecule has 0 radical (unpaired) electrons. The molecule has 0 aromatic carbocycles. The van der Waals surface area contributed by atoms with E-state index < -0.39 is 0 Å². The van der Waals surface area contributed by atoms with Crippen molar-refractivity contribution in [3.8, 4) is 0 Å². The average Bonchev–Trinajstić information content (AvgIpc) is 2.46. The van der Waals surface area contributed by atoms with Gasteiger partial charge in [-0.2, -0.15) is 0 Å². The van der Waals surface area contributed by atoms with Gasteiger partial charge in [0.25, 0.3) is 0 Å². The molecule has 1 heterocycles. The Morgan fingerprint density at radius 3 is 2.47 bits per heavy atom. The molecule has 0 bridgehead atoms. The maximum absolute atomic E-state index is 3.67. The molecule has 1 rings (SSSR count). The molecular weight excluding hydrogens is 208 g/mol. The van der Waals surface area contributed by atoms with Crippen LogP contribution in [-0.4, -0.2) is 37.1 Å². The monoisotopic (exact) mass is 240 g/mol. The topological polar surface area (TPSA) is 15.3 Å². The maximum atomic E-state index is 3.67. The van der Waals surface area contributed by atoms with E-state index >= 15 is 0 Å². The summed E-state index contributed by atoms with van der Waals surface area (Å²) in [6.45, 7) is 14.4. The van der Waals surface area contributed by atoms with Crippen LogP contribution in [0.1, 0.15) is 59.8 Å². The first kappa shape index (κ1) is 15.0. The lowest BCUT2D eigenvalue weighted by molar-refractivity contribution is 0.258. The van der Waals surface area contributed by atoms with Crippen LogP contribution < -0.4 is 5.32 Å². The van der Waals surface area contributed by atoms with Gasteiger partial charge in [-0.15, -0.1) is 0 Å². The largest absolute Gasteiger partial charge is 0.313 e. The summed E-state index contributed by atoms with van der Waals surface area (Å²) in [6, 6.07) is 0.721. The molecule has 1 saturated heterocycles. The van der Waals surface area contributed by atoms with Crippen molar-refractivity contribution in [2.24, 2.45) is 5.41 Å². The van der Waals surface area contributed by atoms with E-state index in [1.54, 1.807) is 0 Å². The van der Waals surface area contributed by atoms with Crippen molar-refractivity contribution in [3.63, 3.8) is 0 Å². The molecule has 0 spiro atoms. The Labute approximate surface area is 108 Å². The van der Waals surface area contributed by atoms with Gasteiger partial charge in [-0.1, -0.05) is 27.7 Å². The molecule has 0 unspecified atom stereocenters. The van der Waals surface area contributed by atoms with Crippen molar-refractivity contribution < 1.29 is 0 Å². The third-order valence-corrected chi connectivity index (χ3v) is 4.28. The van der Waals surface area contributed by atoms with Gasteiger partial charge in [0, 0.05) is 19.1 Å². The third-order valence-electron chi connectivity index (χ3n) is 4.28. The molecule has 1 N–H and O–H groups in total. The fraction of sp³-hybridized carbons (Fsp3) is 1.00. The Kier molecular flexibility index (Phi) is 6.50. The van der Waals surface area contributed by atoms with E-state index in [0.29, 0.717) is 5.41 Å². The minimum Gasteiger partial charge on any atom is -0.313 e. The Balaban J connectivity index is 2.19. The van der Waals surface area contributed by atoms with Gasteiger partial charge in [0.05, 0.1) is 0 Å². The lowest BCUT2D eigenvalue weighted by Gasteiger charge is -2.24. The first-order valence-electron chi connectivity index (χ1n) is 7.53. The quantitative estimate of drug-likeness (QED) is 0.766. The molecule has 0 aromatic heterocycles. The van der Waals surface area contributed by atoms with E-state index in [-0.39, 0.29) is 0 Å². The number of nitrogens with zero attached hydrogens (tertiary/aromatic N) is 1. The predicted molar refractivity (Wildman–Crippen MR) is 76.4 cm³/mol. The zero-order chi connectivity index (χ0) is 12.7. The predicted octanol–water partition coefficient (Wildman–Crippen LogP) is 3.28. The van der Waals surface area contributed by atoms with Crippen LogP contribution in [0.15, 0.2) is 0 Å². The van der Waals surface area contributed by atoms with Gasteiger partial charge < -0.3 is 10.2 Å². The number of hydrogen-bond acceptors (Lipinski definition) is 2. The highest BCUT2D eigenvalue weighted by Gasteiger charge is 2.22. The van der Waals surface area contributed by atoms with Crippen molar-refractivity contribution in [1.29, 1.82) is 0 Å². The number of likely N-dealkylation sites (tertiary alicyclic amines) is 1. The van der Waals surface area contributed by atoms with Crippen LogP contribution in [-0.2, 0) is 0 Å². The van der Waals surface area contributed by atoms with Crippen LogP contribution in [0.5, 0.6) is 0 Å². The van der Waals surface area contributed by atoms with Gasteiger partial charge in [-0.3, -0.25) is 0 Å². The molecule has 1 aliphatic rings. The summed E-state index contributed by atoms with van der Waals surface area (Å²) < 4.78 is 0. The Morgan fingerprint density at radius 1 is 1.12 bits per heavy atom. The van der Waals surface area contributed by atoms with Crippen molar-refractivity contribution in [2.45, 2.75) is 65.8 Å². The third kappa shape index (κ3) is 5.87. The van der Waals surface area contributed by atoms with E-state index in [9.17, 15) is 0 Å². The SMILES string of the molecule is CCC(CC)NCCN1CCCC(C)(C)CC1. The molecule has 0 saturated carbocycles. The molecule has 102 valence electrons. The molecule has 1 aliphatic heterocycles. The normalized spacial score (nSPS) is 21.7. The van der Waals surface area contributed by atoms with Gasteiger partial charge in [0.15, 0.2) is 0 Å². The zero-order valence-electron chi connectivity index (χ0n) is 12.4. The highest BCUT2D eigenvalue weighted by molar-refractivity contribution is 4.76. The molecule has 1 fully saturated rings. The fourth-order valence-electron chi connectivity index (χ4n) is 2.71. The van der Waals surface area contributed by atoms with Crippen LogP contribution >= 0.6 is 0 Å². The minimum atomic E-state index is 0.567. The number of hydrogen-bond donors (Lipinski definition) is 1. The Morgan fingerprint density at radius 2 is 1.82 bits per heavy atom. The molecular formula is C15H32N2. The summed E-state index contributed by atoms with van der Waals surface area (Å²) in [6.07, 6.45) is 6.63. The second kappa shape index (κ2) is 7.38. The number of nitrogens with one attached hydrogen (secondary N) is 1. The molecule has 0 aliphatic carbocycles. The fourth-order valence-corrected chi connectivity index (χ4v) is 2.71. The van der Waals surface area contributed by atoms with Crippen molar-refractivity contribution in [3.05, 3.63) is 0 Å². The lowest BCUT2D eigenvalue weighted by Crippen LogP contribution is -2.37. The molecule has 0 aromatic rings. The van der Waals surface area contributed by atoms with Gasteiger partial charge in [-0.05, 0) is 50.6 Å². The zero-order valence-corrected chi connectivity index (χ0v) is 12.4. The molecule has 2 nitrogen and oxygen atoms in total. The van der Waals surface area contributed by atoms with Crippen LogP contribution in [0, 0.1) is 5.41 Å². The molecule has 0 amide bonds. The van der Waals surface area contributed by atoms with E-state index in [4.69, 9.17) is 0 Å². The van der Waals surface area contributed by atoms with Crippen molar-refractivity contribution in [1.82, 2.24) is 10.2 Å². The first-order valence-corrected chi connectivity index (χ1v) is 7.53. The highest BCUT2D eigenvalue weighted by atomic mass is 15.1. The van der Waals surface area contributed by atoms with Crippen molar-refractivity contribution in [2.75, 3.05) is 26.2 Å². The average molecular weight is 240 g/mol. The van der Waals surface area contributed by atoms with Gasteiger partial charge in [0.2, 0.25) is 0 Å². The summed E-state index contributed by atoms with van der Waals surface area (Å²) in [5, 5.41) is 3.67. The van der Waals surface area contributed by atoms with E-state index in [1.165, 1.54) is 51.7 Å². The van der Waals surface area contributed by atoms with Crippen LogP contribution in [0.25, 0.3) is 0 Å². The van der Waals surface area contributed by atoms with E-state index in [0.717, 1.165) is 12.6 Å². The smallest absolute Gasteiger partial charge is 0.0107 e. The molecule has 2 heteroatoms. The van der Waals surface area contributed by atoms with E-state index in [2.05, 4.69) is 37.9 Å². The summed E-state index contributed by atoms with van der Waals surface area (Å²) in [5.41, 5.74) is 0.567. The van der Waals surface area contributed by atoms with Crippen molar-refractivity contribution >= 4 is 0 Å². The summed E-state index contributed by atoms with van der Waals surface area (Å²) in [4.78, 5) is 2.64. The minimum absolute atomic E-state index is 0.567. The van der Waals surface area contributed by atoms with E-state index in [1.807, 2.05) is 0 Å². The van der Waals surface area contributed by atoms with Crippen LogP contribution in [0.2, 0.25) is 0 Å².